The SMILES string of the molecule is COCC(=O)CN(C)Cc1cccc(Br)c1. The summed E-state index contributed by atoms with van der Waals surface area (Å²) < 4.78 is 5.85. The fraction of sp³-hybridized carbons (Fsp3) is 0.417. The third-order valence-electron chi connectivity index (χ3n) is 2.09. The Hall–Kier alpha value is -0.710. The molecule has 4 heteroatoms. The molecule has 0 heterocycles. The zero-order valence-corrected chi connectivity index (χ0v) is 11.2. The van der Waals surface area contributed by atoms with E-state index in [1.807, 2.05) is 30.1 Å². The molecule has 0 saturated heterocycles. The summed E-state index contributed by atoms with van der Waals surface area (Å²) in [5.74, 6) is 0.0972. The molecule has 0 saturated carbocycles. The zero-order valence-electron chi connectivity index (χ0n) is 9.57. The van der Waals surface area contributed by atoms with Gasteiger partial charge in [-0.05, 0) is 24.7 Å². The maximum Gasteiger partial charge on any atom is 0.172 e. The van der Waals surface area contributed by atoms with Crippen LogP contribution in [0.2, 0.25) is 0 Å². The third kappa shape index (κ3) is 4.88. The van der Waals surface area contributed by atoms with Crippen molar-refractivity contribution in [2.24, 2.45) is 0 Å². The van der Waals surface area contributed by atoms with Gasteiger partial charge < -0.3 is 4.74 Å². The number of carbonyl (C=O) groups is 1. The van der Waals surface area contributed by atoms with Gasteiger partial charge in [-0.25, -0.2) is 0 Å². The number of rotatable bonds is 6. The third-order valence-corrected chi connectivity index (χ3v) is 2.59. The summed E-state index contributed by atoms with van der Waals surface area (Å²) in [5.41, 5.74) is 1.18. The average molecular weight is 286 g/mol. The Bertz CT molecular complexity index is 355. The molecular formula is C12H16BrNO2. The molecule has 0 spiro atoms. The zero-order chi connectivity index (χ0) is 12.0. The van der Waals surface area contributed by atoms with Crippen LogP contribution in [0.25, 0.3) is 0 Å². The number of halogens is 1. The fourth-order valence-corrected chi connectivity index (χ4v) is 1.96. The molecule has 0 aliphatic carbocycles. The second-order valence-corrected chi connectivity index (χ2v) is 4.69. The van der Waals surface area contributed by atoms with Crippen LogP contribution in [-0.4, -0.2) is 38.0 Å². The maximum atomic E-state index is 11.3. The van der Waals surface area contributed by atoms with Crippen molar-refractivity contribution < 1.29 is 9.53 Å². The van der Waals surface area contributed by atoms with Gasteiger partial charge in [0, 0.05) is 18.1 Å². The highest BCUT2D eigenvalue weighted by atomic mass is 79.9. The second kappa shape index (κ2) is 6.78. The van der Waals surface area contributed by atoms with Crippen LogP contribution in [0.4, 0.5) is 0 Å². The lowest BCUT2D eigenvalue weighted by molar-refractivity contribution is -0.123. The highest BCUT2D eigenvalue weighted by molar-refractivity contribution is 9.10. The molecule has 1 aromatic rings. The molecule has 0 N–H and O–H groups in total. The fourth-order valence-electron chi connectivity index (χ4n) is 1.51. The Morgan fingerprint density at radius 2 is 2.25 bits per heavy atom. The van der Waals surface area contributed by atoms with E-state index in [4.69, 9.17) is 4.74 Å². The number of ether oxygens (including phenoxy) is 1. The lowest BCUT2D eigenvalue weighted by Gasteiger charge is -2.15. The Balaban J connectivity index is 2.45. The van der Waals surface area contributed by atoms with E-state index in [0.29, 0.717) is 6.54 Å². The van der Waals surface area contributed by atoms with E-state index < -0.39 is 0 Å². The van der Waals surface area contributed by atoms with Crippen molar-refractivity contribution in [2.45, 2.75) is 6.54 Å². The summed E-state index contributed by atoms with van der Waals surface area (Å²) in [6.45, 7) is 1.36. The molecule has 16 heavy (non-hydrogen) atoms. The number of hydrogen-bond acceptors (Lipinski definition) is 3. The number of methoxy groups -OCH3 is 1. The summed E-state index contributed by atoms with van der Waals surface area (Å²) in [6.07, 6.45) is 0. The maximum absolute atomic E-state index is 11.3. The molecule has 3 nitrogen and oxygen atoms in total. The Kier molecular flexibility index (Phi) is 5.66. The first kappa shape index (κ1) is 13.4. The molecule has 0 aliphatic heterocycles. The predicted molar refractivity (Wildman–Crippen MR) is 67.4 cm³/mol. The molecule has 0 amide bonds. The number of nitrogens with zero attached hydrogens (tertiary/aromatic N) is 1. The number of carbonyl (C=O) groups excluding carboxylic acids is 1. The van der Waals surface area contributed by atoms with Gasteiger partial charge in [0.15, 0.2) is 5.78 Å². The van der Waals surface area contributed by atoms with Gasteiger partial charge in [-0.3, -0.25) is 9.69 Å². The Labute approximate surface area is 105 Å². The molecule has 0 aliphatic rings. The van der Waals surface area contributed by atoms with Crippen molar-refractivity contribution in [3.63, 3.8) is 0 Å². The molecule has 0 atom stereocenters. The molecule has 0 fully saturated rings. The van der Waals surface area contributed by atoms with E-state index in [1.165, 1.54) is 12.7 Å². The molecule has 88 valence electrons. The summed E-state index contributed by atoms with van der Waals surface area (Å²) in [7, 11) is 3.46. The Morgan fingerprint density at radius 3 is 2.88 bits per heavy atom. The van der Waals surface area contributed by atoms with E-state index in [0.717, 1.165) is 11.0 Å². The minimum absolute atomic E-state index is 0.0972. The van der Waals surface area contributed by atoms with Gasteiger partial charge in [-0.15, -0.1) is 0 Å². The number of benzene rings is 1. The molecule has 0 unspecified atom stereocenters. The van der Waals surface area contributed by atoms with E-state index in [9.17, 15) is 4.79 Å². The summed E-state index contributed by atoms with van der Waals surface area (Å²) in [4.78, 5) is 13.3. The second-order valence-electron chi connectivity index (χ2n) is 3.77. The van der Waals surface area contributed by atoms with Crippen LogP contribution in [0.3, 0.4) is 0 Å². The normalized spacial score (nSPS) is 10.8. The van der Waals surface area contributed by atoms with Crippen LogP contribution in [-0.2, 0) is 16.1 Å². The van der Waals surface area contributed by atoms with Gasteiger partial charge in [0.2, 0.25) is 0 Å². The Morgan fingerprint density at radius 1 is 1.50 bits per heavy atom. The summed E-state index contributed by atoms with van der Waals surface area (Å²) in [6, 6.07) is 8.07. The van der Waals surface area contributed by atoms with E-state index in [-0.39, 0.29) is 12.4 Å². The molecular weight excluding hydrogens is 270 g/mol. The largest absolute Gasteiger partial charge is 0.377 e. The first-order chi connectivity index (χ1) is 7.61. The van der Waals surface area contributed by atoms with Crippen LogP contribution in [0.15, 0.2) is 28.7 Å². The lowest BCUT2D eigenvalue weighted by atomic mass is 10.2. The first-order valence-electron chi connectivity index (χ1n) is 5.05. The number of Topliss-reactive ketones (excluding diaryl/α,β-unsaturated/α-hetero) is 1. The average Bonchev–Trinajstić information content (AvgIpc) is 2.17. The molecule has 1 aromatic carbocycles. The van der Waals surface area contributed by atoms with E-state index >= 15 is 0 Å². The number of likely N-dealkylation sites (N-methyl/N-ethyl adjacent to an activating group) is 1. The van der Waals surface area contributed by atoms with Crippen molar-refractivity contribution in [3.8, 4) is 0 Å². The monoisotopic (exact) mass is 285 g/mol. The number of ketones is 1. The minimum atomic E-state index is 0.0972. The van der Waals surface area contributed by atoms with Crippen molar-refractivity contribution in [2.75, 3.05) is 27.3 Å². The van der Waals surface area contributed by atoms with Crippen LogP contribution in [0.5, 0.6) is 0 Å². The van der Waals surface area contributed by atoms with E-state index in [2.05, 4.69) is 22.0 Å². The predicted octanol–water partition coefficient (Wildman–Crippen LogP) is 2.10. The minimum Gasteiger partial charge on any atom is -0.377 e. The lowest BCUT2D eigenvalue weighted by Crippen LogP contribution is -2.27. The molecule has 0 radical (unpaired) electrons. The smallest absolute Gasteiger partial charge is 0.172 e. The van der Waals surface area contributed by atoms with E-state index in [1.54, 1.807) is 0 Å². The van der Waals surface area contributed by atoms with Gasteiger partial charge in [-0.2, -0.15) is 0 Å². The quantitative estimate of drug-likeness (QED) is 0.802. The van der Waals surface area contributed by atoms with Crippen LogP contribution in [0, 0.1) is 0 Å². The van der Waals surface area contributed by atoms with Crippen molar-refractivity contribution in [1.29, 1.82) is 0 Å². The van der Waals surface area contributed by atoms with Gasteiger partial charge in [0.1, 0.15) is 6.61 Å². The van der Waals surface area contributed by atoms with Crippen LogP contribution < -0.4 is 0 Å². The van der Waals surface area contributed by atoms with Crippen molar-refractivity contribution >= 4 is 21.7 Å². The highest BCUT2D eigenvalue weighted by Gasteiger charge is 2.06. The topological polar surface area (TPSA) is 29.5 Å². The van der Waals surface area contributed by atoms with Crippen LogP contribution >= 0.6 is 15.9 Å². The van der Waals surface area contributed by atoms with Gasteiger partial charge in [-0.1, -0.05) is 28.1 Å². The molecule has 0 aromatic heterocycles. The van der Waals surface area contributed by atoms with Crippen LogP contribution in [0.1, 0.15) is 5.56 Å². The highest BCUT2D eigenvalue weighted by Crippen LogP contribution is 2.12. The summed E-state index contributed by atoms with van der Waals surface area (Å²) in [5, 5.41) is 0. The molecule has 0 bridgehead atoms. The number of hydrogen-bond donors (Lipinski definition) is 0. The van der Waals surface area contributed by atoms with Gasteiger partial charge in [0.05, 0.1) is 6.54 Å². The van der Waals surface area contributed by atoms with Crippen molar-refractivity contribution in [1.82, 2.24) is 4.90 Å². The van der Waals surface area contributed by atoms with Crippen molar-refractivity contribution in [3.05, 3.63) is 34.3 Å². The molecule has 1 rings (SSSR count). The summed E-state index contributed by atoms with van der Waals surface area (Å²) >= 11 is 3.42. The standard InChI is InChI=1S/C12H16BrNO2/c1-14(8-12(15)9-16-2)7-10-4-3-5-11(13)6-10/h3-6H,7-9H2,1-2H3. The van der Waals surface area contributed by atoms with Gasteiger partial charge in [0.25, 0.3) is 0 Å². The first-order valence-corrected chi connectivity index (χ1v) is 5.84. The van der Waals surface area contributed by atoms with Gasteiger partial charge >= 0.3 is 0 Å².